The van der Waals surface area contributed by atoms with E-state index in [-0.39, 0.29) is 30.7 Å². The number of methoxy groups -OCH3 is 1. The minimum absolute atomic E-state index is 0. The second-order valence-electron chi connectivity index (χ2n) is 4.83. The molecule has 128 valence electrons. The number of nitrogens with one attached hydrogen (secondary N) is 2. The third kappa shape index (κ3) is 6.31. The second kappa shape index (κ2) is 11.2. The highest BCUT2D eigenvalue weighted by molar-refractivity contribution is 6.06. The van der Waals surface area contributed by atoms with Crippen molar-refractivity contribution >= 4 is 41.6 Å². The second-order valence-corrected chi connectivity index (χ2v) is 4.83. The van der Waals surface area contributed by atoms with Gasteiger partial charge in [-0.1, -0.05) is 18.2 Å². The molecular weight excluding hydrogens is 337 g/mol. The molecule has 0 radical (unpaired) electrons. The molecule has 0 aliphatic heterocycles. The lowest BCUT2D eigenvalue weighted by atomic mass is 10.1. The number of fused-ring (bicyclic) bond motifs is 1. The minimum Gasteiger partial charge on any atom is -0.383 e. The summed E-state index contributed by atoms with van der Waals surface area (Å²) in [5.74, 6) is -0.0646. The standard InChI is InChI=1S/C16H21N3O2.2ClH/c1-12-11-14(13-5-3-4-6-15(13)19-12)16(20)18-8-7-17-9-10-21-2;;/h3-6,11,17H,7-10H2,1-2H3,(H,18,20);2*1H. The number of hydrogen-bond acceptors (Lipinski definition) is 4. The van der Waals surface area contributed by atoms with E-state index in [9.17, 15) is 4.79 Å². The van der Waals surface area contributed by atoms with Gasteiger partial charge in [0.15, 0.2) is 0 Å². The Balaban J connectivity index is 0.00000242. The number of carbonyl (C=O) groups excluding carboxylic acids is 1. The molecule has 1 aromatic carbocycles. The smallest absolute Gasteiger partial charge is 0.252 e. The van der Waals surface area contributed by atoms with Crippen molar-refractivity contribution in [3.05, 3.63) is 41.6 Å². The largest absolute Gasteiger partial charge is 0.383 e. The van der Waals surface area contributed by atoms with Gasteiger partial charge in [-0.3, -0.25) is 9.78 Å². The van der Waals surface area contributed by atoms with Crippen molar-refractivity contribution < 1.29 is 9.53 Å². The maximum Gasteiger partial charge on any atom is 0.252 e. The number of rotatable bonds is 7. The van der Waals surface area contributed by atoms with Gasteiger partial charge in [0.05, 0.1) is 17.7 Å². The number of halogens is 2. The molecule has 0 fully saturated rings. The molecule has 2 aromatic rings. The highest BCUT2D eigenvalue weighted by Gasteiger charge is 2.10. The molecule has 1 heterocycles. The quantitative estimate of drug-likeness (QED) is 0.744. The van der Waals surface area contributed by atoms with Crippen LogP contribution in [0.2, 0.25) is 0 Å². The number of para-hydroxylation sites is 1. The summed E-state index contributed by atoms with van der Waals surface area (Å²) >= 11 is 0. The first kappa shape index (κ1) is 21.6. The SMILES string of the molecule is COCCNCCNC(=O)c1cc(C)nc2ccccc12.Cl.Cl. The summed E-state index contributed by atoms with van der Waals surface area (Å²) in [5, 5.41) is 7.00. The number of pyridine rings is 1. The predicted molar refractivity (Wildman–Crippen MR) is 98.1 cm³/mol. The van der Waals surface area contributed by atoms with Gasteiger partial charge in [-0.25, -0.2) is 0 Å². The highest BCUT2D eigenvalue weighted by Crippen LogP contribution is 2.17. The Morgan fingerprint density at radius 2 is 1.91 bits per heavy atom. The number of aryl methyl sites for hydroxylation is 1. The monoisotopic (exact) mass is 359 g/mol. The molecule has 1 aromatic heterocycles. The summed E-state index contributed by atoms with van der Waals surface area (Å²) in [4.78, 5) is 16.8. The van der Waals surface area contributed by atoms with Crippen molar-refractivity contribution in [2.45, 2.75) is 6.92 Å². The first-order valence-electron chi connectivity index (χ1n) is 7.06. The first-order valence-corrected chi connectivity index (χ1v) is 7.06. The molecule has 0 aliphatic rings. The van der Waals surface area contributed by atoms with Crippen molar-refractivity contribution in [2.75, 3.05) is 33.4 Å². The summed E-state index contributed by atoms with van der Waals surface area (Å²) in [7, 11) is 1.67. The molecule has 0 saturated carbocycles. The van der Waals surface area contributed by atoms with Crippen molar-refractivity contribution in [1.82, 2.24) is 15.6 Å². The maximum absolute atomic E-state index is 12.3. The summed E-state index contributed by atoms with van der Waals surface area (Å²) in [6.07, 6.45) is 0. The fourth-order valence-electron chi connectivity index (χ4n) is 2.15. The molecule has 7 heteroatoms. The summed E-state index contributed by atoms with van der Waals surface area (Å²) < 4.78 is 4.94. The van der Waals surface area contributed by atoms with Gasteiger partial charge in [0.1, 0.15) is 0 Å². The van der Waals surface area contributed by atoms with Crippen molar-refractivity contribution in [3.8, 4) is 0 Å². The van der Waals surface area contributed by atoms with Crippen LogP contribution in [0.4, 0.5) is 0 Å². The Kier molecular flexibility index (Phi) is 10.5. The molecule has 0 bridgehead atoms. The average molecular weight is 360 g/mol. The van der Waals surface area contributed by atoms with Crippen LogP contribution in [0.1, 0.15) is 16.1 Å². The molecule has 0 saturated heterocycles. The van der Waals surface area contributed by atoms with Crippen LogP contribution >= 0.6 is 24.8 Å². The molecular formula is C16H23Cl2N3O2. The van der Waals surface area contributed by atoms with E-state index in [1.807, 2.05) is 37.3 Å². The van der Waals surface area contributed by atoms with Gasteiger partial charge < -0.3 is 15.4 Å². The van der Waals surface area contributed by atoms with E-state index in [1.54, 1.807) is 7.11 Å². The van der Waals surface area contributed by atoms with Crippen molar-refractivity contribution in [2.24, 2.45) is 0 Å². The number of ether oxygens (including phenoxy) is 1. The number of nitrogens with zero attached hydrogens (tertiary/aromatic N) is 1. The Hall–Kier alpha value is -1.40. The van der Waals surface area contributed by atoms with Crippen LogP contribution in [0.3, 0.4) is 0 Å². The van der Waals surface area contributed by atoms with Crippen LogP contribution in [0, 0.1) is 6.92 Å². The number of hydrogen-bond donors (Lipinski definition) is 2. The Labute approximate surface area is 149 Å². The minimum atomic E-state index is -0.0646. The lowest BCUT2D eigenvalue weighted by molar-refractivity contribution is 0.0955. The first-order chi connectivity index (χ1) is 10.2. The normalized spacial score (nSPS) is 9.83. The zero-order chi connectivity index (χ0) is 15.1. The van der Waals surface area contributed by atoms with E-state index in [2.05, 4.69) is 15.6 Å². The lowest BCUT2D eigenvalue weighted by Crippen LogP contribution is -2.33. The van der Waals surface area contributed by atoms with Crippen molar-refractivity contribution in [1.29, 1.82) is 0 Å². The molecule has 2 rings (SSSR count). The van der Waals surface area contributed by atoms with Gasteiger partial charge in [-0.05, 0) is 19.1 Å². The van der Waals surface area contributed by atoms with Crippen LogP contribution in [0.5, 0.6) is 0 Å². The Bertz CT molecular complexity index is 623. The molecule has 0 unspecified atom stereocenters. The molecule has 0 spiro atoms. The Morgan fingerprint density at radius 3 is 2.65 bits per heavy atom. The number of carbonyl (C=O) groups is 1. The molecule has 2 N–H and O–H groups in total. The zero-order valence-electron chi connectivity index (χ0n) is 13.3. The van der Waals surface area contributed by atoms with Gasteiger partial charge >= 0.3 is 0 Å². The molecule has 5 nitrogen and oxygen atoms in total. The number of amides is 1. The lowest BCUT2D eigenvalue weighted by Gasteiger charge is -2.09. The molecule has 1 amide bonds. The van der Waals surface area contributed by atoms with Crippen LogP contribution in [-0.4, -0.2) is 44.2 Å². The van der Waals surface area contributed by atoms with E-state index in [0.29, 0.717) is 18.7 Å². The van der Waals surface area contributed by atoms with Crippen LogP contribution in [-0.2, 0) is 4.74 Å². The molecule has 23 heavy (non-hydrogen) atoms. The average Bonchev–Trinajstić information content (AvgIpc) is 2.49. The van der Waals surface area contributed by atoms with Crippen LogP contribution in [0.15, 0.2) is 30.3 Å². The van der Waals surface area contributed by atoms with E-state index >= 15 is 0 Å². The fraction of sp³-hybridized carbons (Fsp3) is 0.375. The van der Waals surface area contributed by atoms with Gasteiger partial charge in [0.25, 0.3) is 5.91 Å². The van der Waals surface area contributed by atoms with E-state index in [4.69, 9.17) is 4.74 Å². The number of aromatic nitrogens is 1. The maximum atomic E-state index is 12.3. The Morgan fingerprint density at radius 1 is 1.17 bits per heavy atom. The highest BCUT2D eigenvalue weighted by atomic mass is 35.5. The molecule has 0 atom stereocenters. The van der Waals surface area contributed by atoms with E-state index in [1.165, 1.54) is 0 Å². The van der Waals surface area contributed by atoms with E-state index < -0.39 is 0 Å². The third-order valence-electron chi connectivity index (χ3n) is 3.16. The number of benzene rings is 1. The van der Waals surface area contributed by atoms with Crippen LogP contribution < -0.4 is 10.6 Å². The summed E-state index contributed by atoms with van der Waals surface area (Å²) in [6, 6.07) is 9.52. The molecule has 0 aliphatic carbocycles. The summed E-state index contributed by atoms with van der Waals surface area (Å²) in [6.45, 7) is 4.65. The predicted octanol–water partition coefficient (Wildman–Crippen LogP) is 2.35. The van der Waals surface area contributed by atoms with Crippen LogP contribution in [0.25, 0.3) is 10.9 Å². The van der Waals surface area contributed by atoms with Gasteiger partial charge in [-0.15, -0.1) is 24.8 Å². The van der Waals surface area contributed by atoms with Gasteiger partial charge in [0.2, 0.25) is 0 Å². The third-order valence-corrected chi connectivity index (χ3v) is 3.16. The van der Waals surface area contributed by atoms with Gasteiger partial charge in [0, 0.05) is 37.8 Å². The fourth-order valence-corrected chi connectivity index (χ4v) is 2.15. The van der Waals surface area contributed by atoms with E-state index in [0.717, 1.165) is 29.7 Å². The zero-order valence-corrected chi connectivity index (χ0v) is 14.9. The van der Waals surface area contributed by atoms with Gasteiger partial charge in [-0.2, -0.15) is 0 Å². The topological polar surface area (TPSA) is 63.2 Å². The summed E-state index contributed by atoms with van der Waals surface area (Å²) in [5.41, 5.74) is 2.37. The van der Waals surface area contributed by atoms with Crippen molar-refractivity contribution in [3.63, 3.8) is 0 Å².